The molecule has 0 bridgehead atoms. The van der Waals surface area contributed by atoms with Gasteiger partial charge in [0.05, 0.1) is 0 Å². The van der Waals surface area contributed by atoms with Gasteiger partial charge in [-0.15, -0.1) is 0 Å². The van der Waals surface area contributed by atoms with E-state index in [-0.39, 0.29) is 0 Å². The molecule has 2 saturated carbocycles. The molecule has 4 atom stereocenters. The molecule has 0 aromatic rings. The first-order valence-corrected chi connectivity index (χ1v) is 6.63. The maximum Gasteiger partial charge on any atom is -0.0202 e. The van der Waals surface area contributed by atoms with Crippen LogP contribution in [0.4, 0.5) is 0 Å². The van der Waals surface area contributed by atoms with Gasteiger partial charge in [0.25, 0.3) is 0 Å². The Balaban J connectivity index is 1.82. The Bertz CT molecular complexity index is 204. The lowest BCUT2D eigenvalue weighted by molar-refractivity contribution is 0.108. The minimum absolute atomic E-state index is 0.975. The van der Waals surface area contributed by atoms with Crippen LogP contribution < -0.4 is 0 Å². The van der Waals surface area contributed by atoms with Crippen molar-refractivity contribution in [3.05, 3.63) is 12.2 Å². The van der Waals surface area contributed by atoms with Gasteiger partial charge in [-0.05, 0) is 49.4 Å². The molecule has 0 N–H and O–H groups in total. The lowest BCUT2D eigenvalue weighted by Crippen LogP contribution is -2.35. The van der Waals surface area contributed by atoms with Gasteiger partial charge < -0.3 is 0 Å². The van der Waals surface area contributed by atoms with Crippen LogP contribution in [0.1, 0.15) is 51.4 Å². The van der Waals surface area contributed by atoms with Crippen molar-refractivity contribution in [2.75, 3.05) is 0 Å². The van der Waals surface area contributed by atoms with Crippen molar-refractivity contribution in [3.8, 4) is 0 Å². The Kier molecular flexibility index (Phi) is 2.39. The van der Waals surface area contributed by atoms with E-state index in [0.29, 0.717) is 0 Å². The Morgan fingerprint density at radius 1 is 0.571 bits per heavy atom. The summed E-state index contributed by atoms with van der Waals surface area (Å²) >= 11 is 0. The molecule has 78 valence electrons. The predicted octanol–water partition coefficient (Wildman–Crippen LogP) is 4.17. The van der Waals surface area contributed by atoms with Crippen LogP contribution in [0.5, 0.6) is 0 Å². The van der Waals surface area contributed by atoms with Gasteiger partial charge in [0, 0.05) is 0 Å². The molecule has 3 rings (SSSR count). The molecule has 0 spiro atoms. The fourth-order valence-corrected chi connectivity index (χ4v) is 4.20. The summed E-state index contributed by atoms with van der Waals surface area (Å²) in [6.07, 6.45) is 17.2. The summed E-state index contributed by atoms with van der Waals surface area (Å²) in [5.41, 5.74) is 0. The van der Waals surface area contributed by atoms with Crippen molar-refractivity contribution >= 4 is 0 Å². The monoisotopic (exact) mass is 190 g/mol. The number of fused-ring (bicyclic) bond motifs is 3. The lowest BCUT2D eigenvalue weighted by atomic mass is 9.61. The zero-order chi connectivity index (χ0) is 9.38. The van der Waals surface area contributed by atoms with Crippen molar-refractivity contribution in [2.24, 2.45) is 23.7 Å². The molecule has 3 aliphatic carbocycles. The van der Waals surface area contributed by atoms with Crippen LogP contribution in [0.3, 0.4) is 0 Å². The summed E-state index contributed by atoms with van der Waals surface area (Å²) in [5.74, 6) is 4.12. The maximum absolute atomic E-state index is 2.58. The van der Waals surface area contributed by atoms with Gasteiger partial charge in [0.15, 0.2) is 0 Å². The van der Waals surface area contributed by atoms with Crippen LogP contribution in [0.15, 0.2) is 12.2 Å². The van der Waals surface area contributed by atoms with Gasteiger partial charge in [-0.2, -0.15) is 0 Å². The Labute approximate surface area is 87.8 Å². The first-order valence-electron chi connectivity index (χ1n) is 6.63. The van der Waals surface area contributed by atoms with E-state index in [1.54, 1.807) is 0 Å². The summed E-state index contributed by atoms with van der Waals surface area (Å²) in [7, 11) is 0. The molecule has 0 amide bonds. The molecule has 3 aliphatic rings. The van der Waals surface area contributed by atoms with Crippen molar-refractivity contribution < 1.29 is 0 Å². The molecule has 0 aromatic heterocycles. The molecular formula is C14H22. The van der Waals surface area contributed by atoms with Gasteiger partial charge in [0.1, 0.15) is 0 Å². The largest absolute Gasteiger partial charge is 0.0848 e. The van der Waals surface area contributed by atoms with Crippen LogP contribution in [-0.4, -0.2) is 0 Å². The highest BCUT2D eigenvalue weighted by Crippen LogP contribution is 2.48. The molecule has 0 radical (unpaired) electrons. The van der Waals surface area contributed by atoms with Crippen LogP contribution in [0.25, 0.3) is 0 Å². The van der Waals surface area contributed by atoms with E-state index < -0.39 is 0 Å². The Morgan fingerprint density at radius 2 is 1.00 bits per heavy atom. The fourth-order valence-electron chi connectivity index (χ4n) is 4.20. The average Bonchev–Trinajstić information content (AvgIpc) is 2.29. The Morgan fingerprint density at radius 3 is 1.50 bits per heavy atom. The van der Waals surface area contributed by atoms with E-state index in [1.807, 2.05) is 0 Å². The first kappa shape index (κ1) is 9.00. The van der Waals surface area contributed by atoms with E-state index in [2.05, 4.69) is 12.2 Å². The summed E-state index contributed by atoms with van der Waals surface area (Å²) in [5, 5.41) is 0. The van der Waals surface area contributed by atoms with Crippen molar-refractivity contribution in [1.29, 1.82) is 0 Å². The molecule has 0 saturated heterocycles. The quantitative estimate of drug-likeness (QED) is 0.503. The SMILES string of the molecule is C1=CC2CCCCC2C2CCCCC12. The summed E-state index contributed by atoms with van der Waals surface area (Å²) in [6.45, 7) is 0. The van der Waals surface area contributed by atoms with Gasteiger partial charge in [-0.3, -0.25) is 0 Å². The second-order valence-corrected chi connectivity index (χ2v) is 5.61. The van der Waals surface area contributed by atoms with Crippen molar-refractivity contribution in [3.63, 3.8) is 0 Å². The third-order valence-corrected chi connectivity index (χ3v) is 4.91. The van der Waals surface area contributed by atoms with E-state index in [4.69, 9.17) is 0 Å². The fraction of sp³-hybridized carbons (Fsp3) is 0.857. The summed E-state index contributed by atoms with van der Waals surface area (Å²) in [6, 6.07) is 0. The predicted molar refractivity (Wildman–Crippen MR) is 60.0 cm³/mol. The molecule has 0 heterocycles. The van der Waals surface area contributed by atoms with Crippen LogP contribution in [-0.2, 0) is 0 Å². The zero-order valence-corrected chi connectivity index (χ0v) is 9.12. The normalized spacial score (nSPS) is 46.9. The average molecular weight is 190 g/mol. The van der Waals surface area contributed by atoms with Crippen molar-refractivity contribution in [1.82, 2.24) is 0 Å². The number of hydrogen-bond donors (Lipinski definition) is 0. The van der Waals surface area contributed by atoms with E-state index in [9.17, 15) is 0 Å². The second-order valence-electron chi connectivity index (χ2n) is 5.61. The number of rotatable bonds is 0. The standard InChI is InChI=1S/C14H22/c1-3-7-13-11(5-1)9-10-12-6-2-4-8-14(12)13/h9-14H,1-8H2. The third-order valence-electron chi connectivity index (χ3n) is 4.91. The van der Waals surface area contributed by atoms with Gasteiger partial charge in [-0.1, -0.05) is 37.8 Å². The van der Waals surface area contributed by atoms with E-state index >= 15 is 0 Å². The van der Waals surface area contributed by atoms with Crippen molar-refractivity contribution in [2.45, 2.75) is 51.4 Å². The highest BCUT2D eigenvalue weighted by atomic mass is 14.4. The van der Waals surface area contributed by atoms with Gasteiger partial charge in [0.2, 0.25) is 0 Å². The van der Waals surface area contributed by atoms with Crippen LogP contribution in [0, 0.1) is 23.7 Å². The van der Waals surface area contributed by atoms with Gasteiger partial charge >= 0.3 is 0 Å². The van der Waals surface area contributed by atoms with E-state index in [0.717, 1.165) is 23.7 Å². The Hall–Kier alpha value is -0.260. The molecule has 4 unspecified atom stereocenters. The van der Waals surface area contributed by atoms with Crippen LogP contribution in [0.2, 0.25) is 0 Å². The molecule has 0 nitrogen and oxygen atoms in total. The molecule has 2 fully saturated rings. The lowest BCUT2D eigenvalue weighted by Gasteiger charge is -2.44. The minimum Gasteiger partial charge on any atom is -0.0848 e. The topological polar surface area (TPSA) is 0 Å². The molecule has 14 heavy (non-hydrogen) atoms. The summed E-state index contributed by atoms with van der Waals surface area (Å²) < 4.78 is 0. The maximum atomic E-state index is 2.58. The van der Waals surface area contributed by atoms with E-state index in [1.165, 1.54) is 51.4 Å². The number of allylic oxidation sites excluding steroid dienone is 2. The minimum atomic E-state index is 0.975. The number of hydrogen-bond acceptors (Lipinski definition) is 0. The highest BCUT2D eigenvalue weighted by Gasteiger charge is 2.37. The third kappa shape index (κ3) is 1.43. The molecule has 0 aromatic carbocycles. The van der Waals surface area contributed by atoms with Gasteiger partial charge in [-0.25, -0.2) is 0 Å². The van der Waals surface area contributed by atoms with Crippen LogP contribution >= 0.6 is 0 Å². The zero-order valence-electron chi connectivity index (χ0n) is 9.12. The molecular weight excluding hydrogens is 168 g/mol. The molecule has 0 aliphatic heterocycles. The smallest absolute Gasteiger partial charge is 0.0202 e. The second kappa shape index (κ2) is 3.72. The highest BCUT2D eigenvalue weighted by molar-refractivity contribution is 5.07. The molecule has 0 heteroatoms. The summed E-state index contributed by atoms with van der Waals surface area (Å²) in [4.78, 5) is 0. The first-order chi connectivity index (χ1) is 6.95.